The largest absolute Gasteiger partial charge is 0.443 e. The first-order valence-corrected chi connectivity index (χ1v) is 7.15. The van der Waals surface area contributed by atoms with Crippen molar-refractivity contribution < 1.29 is 9.53 Å². The molecule has 1 aliphatic rings. The van der Waals surface area contributed by atoms with Crippen LogP contribution in [0.25, 0.3) is 0 Å². The molecule has 1 aliphatic heterocycles. The first kappa shape index (κ1) is 14.9. The van der Waals surface area contributed by atoms with Gasteiger partial charge in [0.05, 0.1) is 5.69 Å². The minimum Gasteiger partial charge on any atom is -0.443 e. The molecule has 0 saturated heterocycles. The lowest BCUT2D eigenvalue weighted by atomic mass is 9.99. The molecule has 0 aliphatic carbocycles. The Morgan fingerprint density at radius 2 is 2.15 bits per heavy atom. The van der Waals surface area contributed by atoms with Crippen molar-refractivity contribution in [2.45, 2.75) is 52.2 Å². The van der Waals surface area contributed by atoms with Crippen LogP contribution in [-0.4, -0.2) is 24.3 Å². The summed E-state index contributed by atoms with van der Waals surface area (Å²) in [6, 6.07) is 6.19. The van der Waals surface area contributed by atoms with Gasteiger partial charge in [-0.25, -0.2) is 4.79 Å². The monoisotopic (exact) mass is 276 g/mol. The highest BCUT2D eigenvalue weighted by Crippen LogP contribution is 2.32. The zero-order valence-electron chi connectivity index (χ0n) is 12.8. The summed E-state index contributed by atoms with van der Waals surface area (Å²) in [4.78, 5) is 14.0. The quantitative estimate of drug-likeness (QED) is 0.903. The fourth-order valence-electron chi connectivity index (χ4n) is 2.55. The van der Waals surface area contributed by atoms with Gasteiger partial charge in [-0.2, -0.15) is 0 Å². The molecule has 1 atom stereocenters. The third-order valence-electron chi connectivity index (χ3n) is 3.28. The lowest BCUT2D eigenvalue weighted by Gasteiger charge is -2.25. The van der Waals surface area contributed by atoms with Gasteiger partial charge in [-0.1, -0.05) is 12.1 Å². The Bertz CT molecular complexity index is 504. The number of carbonyl (C=O) groups is 1. The maximum Gasteiger partial charge on any atom is 0.414 e. The Morgan fingerprint density at radius 1 is 1.45 bits per heavy atom. The number of fused-ring (bicyclic) bond motifs is 1. The molecule has 0 aromatic heterocycles. The first-order chi connectivity index (χ1) is 9.28. The molecule has 1 heterocycles. The van der Waals surface area contributed by atoms with Crippen molar-refractivity contribution in [2.24, 2.45) is 5.73 Å². The van der Waals surface area contributed by atoms with Crippen molar-refractivity contribution >= 4 is 11.8 Å². The van der Waals surface area contributed by atoms with Crippen molar-refractivity contribution in [1.82, 2.24) is 0 Å². The average molecular weight is 276 g/mol. The second-order valence-electron chi connectivity index (χ2n) is 6.48. The predicted molar refractivity (Wildman–Crippen MR) is 81.1 cm³/mol. The van der Waals surface area contributed by atoms with Gasteiger partial charge in [0.2, 0.25) is 0 Å². The van der Waals surface area contributed by atoms with Gasteiger partial charge in [-0.3, -0.25) is 4.90 Å². The van der Waals surface area contributed by atoms with Crippen LogP contribution in [0, 0.1) is 0 Å². The number of amides is 1. The average Bonchev–Trinajstić information content (AvgIpc) is 2.70. The molecule has 1 aromatic rings. The number of rotatable bonds is 2. The van der Waals surface area contributed by atoms with Gasteiger partial charge in [0, 0.05) is 12.6 Å². The minimum absolute atomic E-state index is 0.122. The van der Waals surface area contributed by atoms with Crippen LogP contribution in [0.3, 0.4) is 0 Å². The van der Waals surface area contributed by atoms with Crippen LogP contribution >= 0.6 is 0 Å². The Balaban J connectivity index is 2.23. The van der Waals surface area contributed by atoms with Crippen molar-refractivity contribution in [1.29, 1.82) is 0 Å². The van der Waals surface area contributed by atoms with E-state index in [2.05, 4.69) is 6.07 Å². The van der Waals surface area contributed by atoms with E-state index in [1.165, 1.54) is 11.1 Å². The Hall–Kier alpha value is -1.55. The summed E-state index contributed by atoms with van der Waals surface area (Å²) in [5, 5.41) is 0. The minimum atomic E-state index is -0.469. The summed E-state index contributed by atoms with van der Waals surface area (Å²) < 4.78 is 5.46. The highest BCUT2D eigenvalue weighted by molar-refractivity contribution is 5.90. The van der Waals surface area contributed by atoms with E-state index in [9.17, 15) is 4.79 Å². The van der Waals surface area contributed by atoms with E-state index in [4.69, 9.17) is 10.5 Å². The predicted octanol–water partition coefficient (Wildman–Crippen LogP) is 2.87. The second kappa shape index (κ2) is 5.44. The van der Waals surface area contributed by atoms with Crippen molar-refractivity contribution in [3.63, 3.8) is 0 Å². The van der Waals surface area contributed by atoms with Gasteiger partial charge in [0.15, 0.2) is 0 Å². The maximum absolute atomic E-state index is 12.2. The van der Waals surface area contributed by atoms with Crippen LogP contribution in [0.1, 0.15) is 38.8 Å². The van der Waals surface area contributed by atoms with Crippen LogP contribution in [0.5, 0.6) is 0 Å². The first-order valence-electron chi connectivity index (χ1n) is 7.15. The van der Waals surface area contributed by atoms with E-state index >= 15 is 0 Å². The highest BCUT2D eigenvalue weighted by atomic mass is 16.6. The van der Waals surface area contributed by atoms with E-state index in [0.29, 0.717) is 6.54 Å². The maximum atomic E-state index is 12.2. The van der Waals surface area contributed by atoms with Gasteiger partial charge >= 0.3 is 6.09 Å². The summed E-state index contributed by atoms with van der Waals surface area (Å²) in [5.41, 5.74) is 8.86. The van der Waals surface area contributed by atoms with Crippen LogP contribution in [-0.2, 0) is 17.6 Å². The van der Waals surface area contributed by atoms with E-state index in [1.807, 2.05) is 39.8 Å². The van der Waals surface area contributed by atoms with Crippen molar-refractivity contribution in [2.75, 3.05) is 11.4 Å². The van der Waals surface area contributed by atoms with Gasteiger partial charge < -0.3 is 10.5 Å². The molecule has 2 rings (SSSR count). The number of anilines is 1. The molecule has 0 fully saturated rings. The molecule has 0 spiro atoms. The molecule has 20 heavy (non-hydrogen) atoms. The molecule has 0 bridgehead atoms. The normalized spacial score (nSPS) is 15.9. The Kier molecular flexibility index (Phi) is 4.04. The third-order valence-corrected chi connectivity index (χ3v) is 3.28. The summed E-state index contributed by atoms with van der Waals surface area (Å²) >= 11 is 0. The fraction of sp³-hybridized carbons (Fsp3) is 0.562. The van der Waals surface area contributed by atoms with Crippen molar-refractivity contribution in [3.05, 3.63) is 29.3 Å². The number of nitrogens with two attached hydrogens (primary N) is 1. The number of ether oxygens (including phenoxy) is 1. The number of carbonyl (C=O) groups excluding carboxylic acids is 1. The van der Waals surface area contributed by atoms with Gasteiger partial charge in [-0.15, -0.1) is 0 Å². The summed E-state index contributed by atoms with van der Waals surface area (Å²) in [6.45, 7) is 8.33. The number of hydrogen-bond acceptors (Lipinski definition) is 3. The molecule has 1 aromatic carbocycles. The second-order valence-corrected chi connectivity index (χ2v) is 6.48. The molecular weight excluding hydrogens is 252 g/mol. The van der Waals surface area contributed by atoms with Crippen LogP contribution in [0.15, 0.2) is 18.2 Å². The molecule has 4 heteroatoms. The molecule has 110 valence electrons. The number of hydrogen-bond donors (Lipinski definition) is 1. The third kappa shape index (κ3) is 3.31. The van der Waals surface area contributed by atoms with Gasteiger partial charge in [0.25, 0.3) is 0 Å². The van der Waals surface area contributed by atoms with Crippen LogP contribution in [0.4, 0.5) is 10.5 Å². The zero-order valence-corrected chi connectivity index (χ0v) is 12.8. The van der Waals surface area contributed by atoms with Crippen molar-refractivity contribution in [3.8, 4) is 0 Å². The zero-order chi connectivity index (χ0) is 14.9. The Labute approximate surface area is 120 Å². The van der Waals surface area contributed by atoms with E-state index < -0.39 is 5.60 Å². The summed E-state index contributed by atoms with van der Waals surface area (Å²) in [5.74, 6) is 0. The molecule has 4 nitrogen and oxygen atoms in total. The molecule has 0 radical (unpaired) electrons. The highest BCUT2D eigenvalue weighted by Gasteiger charge is 2.30. The molecule has 1 amide bonds. The lowest BCUT2D eigenvalue weighted by Crippen LogP contribution is -2.35. The number of nitrogens with zero attached hydrogens (tertiary/aromatic N) is 1. The van der Waals surface area contributed by atoms with Crippen LogP contribution < -0.4 is 10.6 Å². The molecular formula is C16H24N2O2. The molecule has 2 N–H and O–H groups in total. The molecule has 0 saturated carbocycles. The SMILES string of the molecule is CC(N)Cc1cccc2c1CCN2C(=O)OC(C)(C)C. The Morgan fingerprint density at radius 3 is 2.75 bits per heavy atom. The molecule has 1 unspecified atom stereocenters. The van der Waals surface area contributed by atoms with E-state index in [0.717, 1.165) is 18.5 Å². The van der Waals surface area contributed by atoms with Gasteiger partial charge in [-0.05, 0) is 57.7 Å². The van der Waals surface area contributed by atoms with E-state index in [-0.39, 0.29) is 12.1 Å². The topological polar surface area (TPSA) is 55.6 Å². The fourth-order valence-corrected chi connectivity index (χ4v) is 2.55. The van der Waals surface area contributed by atoms with E-state index in [1.54, 1.807) is 4.90 Å². The smallest absolute Gasteiger partial charge is 0.414 e. The number of benzene rings is 1. The summed E-state index contributed by atoms with van der Waals surface area (Å²) in [6.07, 6.45) is 1.44. The summed E-state index contributed by atoms with van der Waals surface area (Å²) in [7, 11) is 0. The lowest BCUT2D eigenvalue weighted by molar-refractivity contribution is 0.0584. The van der Waals surface area contributed by atoms with Gasteiger partial charge in [0.1, 0.15) is 5.60 Å². The standard InChI is InChI=1S/C16H24N2O2/c1-11(17)10-12-6-5-7-14-13(12)8-9-18(14)15(19)20-16(2,3)4/h5-7,11H,8-10,17H2,1-4H3. The van der Waals surface area contributed by atoms with Crippen LogP contribution in [0.2, 0.25) is 0 Å².